The lowest BCUT2D eigenvalue weighted by Gasteiger charge is -2.17. The normalized spacial score (nSPS) is 15.7. The van der Waals surface area contributed by atoms with Crippen molar-refractivity contribution in [2.45, 2.75) is 26.1 Å². The second-order valence-electron chi connectivity index (χ2n) is 5.40. The van der Waals surface area contributed by atoms with Crippen molar-refractivity contribution in [3.63, 3.8) is 0 Å². The van der Waals surface area contributed by atoms with E-state index in [-0.39, 0.29) is 6.10 Å². The van der Waals surface area contributed by atoms with Crippen LogP contribution < -0.4 is 5.30 Å². The summed E-state index contributed by atoms with van der Waals surface area (Å²) in [5.74, 6) is 0. The largest absolute Gasteiger partial charge is 0.324 e. The minimum Gasteiger partial charge on any atom is -0.324 e. The molecule has 3 nitrogen and oxygen atoms in total. The minimum atomic E-state index is -2.74. The van der Waals surface area contributed by atoms with E-state index in [1.165, 1.54) is 0 Å². The third-order valence-electron chi connectivity index (χ3n) is 2.38. The van der Waals surface area contributed by atoms with Crippen LogP contribution in [-0.4, -0.2) is 26.1 Å². The van der Waals surface area contributed by atoms with Crippen LogP contribution >= 0.6 is 14.5 Å². The Kier molecular flexibility index (Phi) is 5.00. The van der Waals surface area contributed by atoms with Gasteiger partial charge in [0.05, 0.1) is 13.2 Å². The lowest BCUT2D eigenvalue weighted by atomic mass is 10.2. The molecule has 0 spiro atoms. The van der Waals surface area contributed by atoms with E-state index in [0.717, 1.165) is 5.56 Å². The zero-order chi connectivity index (χ0) is 14.0. The first kappa shape index (κ1) is 15.7. The quantitative estimate of drug-likeness (QED) is 0.775. The maximum Gasteiger partial charge on any atom is 0.229 e. The SMILES string of the molecule is CC(C)OP(C)(=O)c1ccc(CP(C)(C)=O)cc1. The van der Waals surface area contributed by atoms with Crippen molar-refractivity contribution in [2.75, 3.05) is 20.0 Å². The van der Waals surface area contributed by atoms with Gasteiger partial charge < -0.3 is 9.09 Å². The maximum absolute atomic E-state index is 12.3. The zero-order valence-electron chi connectivity index (χ0n) is 11.7. The molecule has 0 saturated heterocycles. The summed E-state index contributed by atoms with van der Waals surface area (Å²) in [6.45, 7) is 8.91. The molecule has 0 amide bonds. The zero-order valence-corrected chi connectivity index (χ0v) is 13.5. The third-order valence-corrected chi connectivity index (χ3v) is 5.57. The van der Waals surface area contributed by atoms with Gasteiger partial charge in [0, 0.05) is 18.1 Å². The van der Waals surface area contributed by atoms with Gasteiger partial charge in [0.2, 0.25) is 7.37 Å². The first-order valence-electron chi connectivity index (χ1n) is 5.99. The topological polar surface area (TPSA) is 43.4 Å². The van der Waals surface area contributed by atoms with Gasteiger partial charge in [0.15, 0.2) is 0 Å². The van der Waals surface area contributed by atoms with E-state index in [4.69, 9.17) is 4.52 Å². The van der Waals surface area contributed by atoms with Crippen molar-refractivity contribution in [3.8, 4) is 0 Å². The lowest BCUT2D eigenvalue weighted by Crippen LogP contribution is -2.10. The highest BCUT2D eigenvalue weighted by atomic mass is 31.2. The van der Waals surface area contributed by atoms with E-state index in [1.807, 2.05) is 38.1 Å². The predicted molar refractivity (Wildman–Crippen MR) is 79.0 cm³/mol. The van der Waals surface area contributed by atoms with E-state index in [0.29, 0.717) is 11.5 Å². The van der Waals surface area contributed by atoms with Crippen LogP contribution in [0.2, 0.25) is 0 Å². The van der Waals surface area contributed by atoms with Crippen LogP contribution in [0.3, 0.4) is 0 Å². The molecule has 1 atom stereocenters. The van der Waals surface area contributed by atoms with E-state index in [2.05, 4.69) is 0 Å². The van der Waals surface area contributed by atoms with Gasteiger partial charge in [0.25, 0.3) is 0 Å². The molecular weight excluding hydrogens is 266 g/mol. The van der Waals surface area contributed by atoms with Crippen molar-refractivity contribution in [2.24, 2.45) is 0 Å². The van der Waals surface area contributed by atoms with Crippen molar-refractivity contribution < 1.29 is 13.7 Å². The Morgan fingerprint density at radius 3 is 1.94 bits per heavy atom. The number of benzene rings is 1. The fourth-order valence-electron chi connectivity index (χ4n) is 1.77. The minimum absolute atomic E-state index is 0.0630. The Labute approximate surface area is 110 Å². The molecule has 0 radical (unpaired) electrons. The molecule has 0 N–H and O–H groups in total. The molecule has 0 aromatic heterocycles. The van der Waals surface area contributed by atoms with Crippen LogP contribution in [0, 0.1) is 0 Å². The number of hydrogen-bond acceptors (Lipinski definition) is 3. The van der Waals surface area contributed by atoms with Gasteiger partial charge in [-0.05, 0) is 44.9 Å². The second kappa shape index (κ2) is 5.74. The fourth-order valence-corrected chi connectivity index (χ4v) is 4.48. The molecule has 1 unspecified atom stereocenters. The Bertz CT molecular complexity index is 485. The summed E-state index contributed by atoms with van der Waals surface area (Å²) >= 11 is 0. The van der Waals surface area contributed by atoms with Gasteiger partial charge in [-0.25, -0.2) is 0 Å². The monoisotopic (exact) mass is 288 g/mol. The molecule has 0 saturated carbocycles. The summed E-state index contributed by atoms with van der Waals surface area (Å²) in [6, 6.07) is 7.39. The number of hydrogen-bond donors (Lipinski definition) is 0. The molecule has 18 heavy (non-hydrogen) atoms. The average molecular weight is 288 g/mol. The third kappa shape index (κ3) is 5.10. The van der Waals surface area contributed by atoms with Crippen LogP contribution in [-0.2, 0) is 19.8 Å². The Balaban J connectivity index is 2.89. The molecule has 0 aliphatic heterocycles. The van der Waals surface area contributed by atoms with Gasteiger partial charge in [0.1, 0.15) is 0 Å². The predicted octanol–water partition coefficient (Wildman–Crippen LogP) is 3.77. The lowest BCUT2D eigenvalue weighted by molar-refractivity contribution is 0.251. The smallest absolute Gasteiger partial charge is 0.229 e. The molecule has 5 heteroatoms. The van der Waals surface area contributed by atoms with Crippen LogP contribution in [0.4, 0.5) is 0 Å². The highest BCUT2D eigenvalue weighted by molar-refractivity contribution is 7.66. The Morgan fingerprint density at radius 1 is 1.06 bits per heavy atom. The molecule has 1 aromatic rings. The van der Waals surface area contributed by atoms with Crippen molar-refractivity contribution in [1.29, 1.82) is 0 Å². The van der Waals surface area contributed by atoms with E-state index in [1.54, 1.807) is 20.0 Å². The van der Waals surface area contributed by atoms with Crippen LogP contribution in [0.25, 0.3) is 0 Å². The molecule has 102 valence electrons. The summed E-state index contributed by atoms with van der Waals surface area (Å²) in [6.07, 6.45) is 0.513. The maximum atomic E-state index is 12.3. The molecule has 0 fully saturated rings. The number of rotatable bonds is 5. The summed E-state index contributed by atoms with van der Waals surface area (Å²) in [7, 11) is -4.81. The van der Waals surface area contributed by atoms with Gasteiger partial charge in [-0.1, -0.05) is 12.1 Å². The fraction of sp³-hybridized carbons (Fsp3) is 0.538. The van der Waals surface area contributed by atoms with Crippen molar-refractivity contribution in [1.82, 2.24) is 0 Å². The standard InChI is InChI=1S/C13H22O3P2/c1-11(2)16-18(5,15)13-8-6-12(7-9-13)10-17(3,4)14/h6-9,11H,10H2,1-5H3. The Morgan fingerprint density at radius 2 is 1.56 bits per heavy atom. The van der Waals surface area contributed by atoms with E-state index >= 15 is 0 Å². The van der Waals surface area contributed by atoms with E-state index in [9.17, 15) is 9.13 Å². The molecule has 0 heterocycles. The Hall–Kier alpha value is -0.360. The molecule has 0 aliphatic rings. The van der Waals surface area contributed by atoms with Crippen LogP contribution in [0.5, 0.6) is 0 Å². The summed E-state index contributed by atoms with van der Waals surface area (Å²) in [5, 5.41) is 0.710. The van der Waals surface area contributed by atoms with Gasteiger partial charge in [-0.3, -0.25) is 4.57 Å². The molecule has 1 aromatic carbocycles. The van der Waals surface area contributed by atoms with Gasteiger partial charge >= 0.3 is 0 Å². The molecule has 0 aliphatic carbocycles. The summed E-state index contributed by atoms with van der Waals surface area (Å²) in [4.78, 5) is 0. The second-order valence-corrected chi connectivity index (χ2v) is 11.3. The highest BCUT2D eigenvalue weighted by Gasteiger charge is 2.20. The summed E-state index contributed by atoms with van der Waals surface area (Å²) < 4.78 is 29.5. The highest BCUT2D eigenvalue weighted by Crippen LogP contribution is 2.43. The summed E-state index contributed by atoms with van der Waals surface area (Å²) in [5.41, 5.74) is 1.01. The molecule has 1 rings (SSSR count). The van der Waals surface area contributed by atoms with Gasteiger partial charge in [-0.2, -0.15) is 0 Å². The first-order valence-corrected chi connectivity index (χ1v) is 10.9. The van der Waals surface area contributed by atoms with E-state index < -0.39 is 14.5 Å². The average Bonchev–Trinajstić information content (AvgIpc) is 2.13. The van der Waals surface area contributed by atoms with Crippen molar-refractivity contribution in [3.05, 3.63) is 29.8 Å². The van der Waals surface area contributed by atoms with Crippen molar-refractivity contribution >= 4 is 19.8 Å². The van der Waals surface area contributed by atoms with Crippen LogP contribution in [0.1, 0.15) is 19.4 Å². The van der Waals surface area contributed by atoms with Crippen LogP contribution in [0.15, 0.2) is 24.3 Å². The molecule has 0 bridgehead atoms. The molecular formula is C13H22O3P2. The first-order chi connectivity index (χ1) is 8.10. The van der Waals surface area contributed by atoms with Gasteiger partial charge in [-0.15, -0.1) is 0 Å².